The number of rotatable bonds is 6. The maximum atomic E-state index is 13.9. The third kappa shape index (κ3) is 5.07. The second-order valence-corrected chi connectivity index (χ2v) is 7.33. The van der Waals surface area contributed by atoms with Gasteiger partial charge in [0.1, 0.15) is 18.2 Å². The topological polar surface area (TPSA) is 72.2 Å². The highest BCUT2D eigenvalue weighted by atomic mass is 19.4. The molecule has 0 saturated carbocycles. The zero-order valence-electron chi connectivity index (χ0n) is 16.8. The first-order chi connectivity index (χ1) is 14.8. The van der Waals surface area contributed by atoms with Gasteiger partial charge in [-0.25, -0.2) is 19.3 Å². The summed E-state index contributed by atoms with van der Waals surface area (Å²) in [6, 6.07) is 2.83. The zero-order valence-corrected chi connectivity index (χ0v) is 16.8. The number of alkyl halides is 3. The normalized spacial score (nSPS) is 15.2. The summed E-state index contributed by atoms with van der Waals surface area (Å²) in [5.74, 6) is 0.362. The molecule has 1 aliphatic rings. The summed E-state index contributed by atoms with van der Waals surface area (Å²) in [5.41, 5.74) is 0.691. The largest absolute Gasteiger partial charge is 0.406 e. The predicted octanol–water partition coefficient (Wildman–Crippen LogP) is 2.39. The van der Waals surface area contributed by atoms with Gasteiger partial charge in [0.05, 0.1) is 31.8 Å². The number of nitrogens with zero attached hydrogens (tertiary/aromatic N) is 7. The van der Waals surface area contributed by atoms with Gasteiger partial charge in [-0.1, -0.05) is 0 Å². The van der Waals surface area contributed by atoms with Crippen molar-refractivity contribution in [3.63, 3.8) is 0 Å². The van der Waals surface area contributed by atoms with Crippen molar-refractivity contribution in [2.75, 3.05) is 38.3 Å². The maximum absolute atomic E-state index is 13.9. The van der Waals surface area contributed by atoms with E-state index in [0.29, 0.717) is 43.5 Å². The van der Waals surface area contributed by atoms with Crippen molar-refractivity contribution in [3.05, 3.63) is 42.0 Å². The van der Waals surface area contributed by atoms with E-state index in [4.69, 9.17) is 4.74 Å². The highest BCUT2D eigenvalue weighted by molar-refractivity contribution is 5.83. The molecular weight excluding hydrogens is 418 g/mol. The minimum absolute atomic E-state index is 0.112. The Morgan fingerprint density at radius 3 is 2.61 bits per heavy atom. The van der Waals surface area contributed by atoms with Crippen molar-refractivity contribution in [3.8, 4) is 0 Å². The summed E-state index contributed by atoms with van der Waals surface area (Å²) in [7, 11) is 1.74. The lowest BCUT2D eigenvalue weighted by Crippen LogP contribution is -2.37. The van der Waals surface area contributed by atoms with Crippen molar-refractivity contribution in [2.45, 2.75) is 25.8 Å². The van der Waals surface area contributed by atoms with Crippen molar-refractivity contribution in [2.24, 2.45) is 0 Å². The van der Waals surface area contributed by atoms with E-state index in [9.17, 15) is 17.6 Å². The number of hydrogen-bond acceptors (Lipinski definition) is 7. The van der Waals surface area contributed by atoms with E-state index in [-0.39, 0.29) is 24.4 Å². The second kappa shape index (κ2) is 8.71. The number of hydrogen-bond donors (Lipinski definition) is 0. The first-order valence-electron chi connectivity index (χ1n) is 9.69. The van der Waals surface area contributed by atoms with Crippen molar-refractivity contribution in [1.82, 2.24) is 29.4 Å². The minimum atomic E-state index is -4.41. The van der Waals surface area contributed by atoms with Crippen LogP contribution in [-0.2, 0) is 24.4 Å². The molecule has 3 aromatic heterocycles. The quantitative estimate of drug-likeness (QED) is 0.546. The second-order valence-electron chi connectivity index (χ2n) is 7.33. The third-order valence-electron chi connectivity index (χ3n) is 4.82. The molecular formula is C19H21F4N7O. The van der Waals surface area contributed by atoms with E-state index >= 15 is 0 Å². The fourth-order valence-electron chi connectivity index (χ4n) is 3.44. The Bertz CT molecular complexity index is 1050. The number of anilines is 1. The molecule has 0 bridgehead atoms. The highest BCUT2D eigenvalue weighted by Crippen LogP contribution is 2.26. The molecule has 0 aromatic carbocycles. The lowest BCUT2D eigenvalue weighted by Gasteiger charge is -2.28. The molecule has 0 spiro atoms. The number of aromatic nitrogens is 5. The smallest absolute Gasteiger partial charge is 0.378 e. The van der Waals surface area contributed by atoms with Gasteiger partial charge in [0.25, 0.3) is 0 Å². The first-order valence-corrected chi connectivity index (χ1v) is 9.69. The summed E-state index contributed by atoms with van der Waals surface area (Å²) in [6.45, 7) is 1.27. The Morgan fingerprint density at radius 2 is 1.90 bits per heavy atom. The molecule has 1 saturated heterocycles. The van der Waals surface area contributed by atoms with Gasteiger partial charge in [-0.05, 0) is 19.2 Å². The molecule has 8 nitrogen and oxygen atoms in total. The van der Waals surface area contributed by atoms with Gasteiger partial charge in [-0.3, -0.25) is 9.88 Å². The Kier molecular flexibility index (Phi) is 6.01. The summed E-state index contributed by atoms with van der Waals surface area (Å²) < 4.78 is 59.3. The number of fused-ring (bicyclic) bond motifs is 1. The molecule has 4 rings (SSSR count). The fourth-order valence-corrected chi connectivity index (χ4v) is 3.44. The van der Waals surface area contributed by atoms with Crippen LogP contribution in [0.4, 0.5) is 23.4 Å². The Hall–Kier alpha value is -2.86. The molecule has 0 aliphatic carbocycles. The molecule has 0 atom stereocenters. The fraction of sp³-hybridized carbons (Fsp3) is 0.474. The summed E-state index contributed by atoms with van der Waals surface area (Å²) >= 11 is 0. The van der Waals surface area contributed by atoms with Crippen LogP contribution in [0.25, 0.3) is 11.2 Å². The maximum Gasteiger partial charge on any atom is 0.406 e. The van der Waals surface area contributed by atoms with Crippen LogP contribution in [0.2, 0.25) is 0 Å². The van der Waals surface area contributed by atoms with Crippen molar-refractivity contribution >= 4 is 17.0 Å². The van der Waals surface area contributed by atoms with Gasteiger partial charge < -0.3 is 14.2 Å². The van der Waals surface area contributed by atoms with Crippen LogP contribution in [0.3, 0.4) is 0 Å². The first kappa shape index (κ1) is 21.4. The van der Waals surface area contributed by atoms with Crippen LogP contribution in [0, 0.1) is 5.82 Å². The number of halogens is 4. The van der Waals surface area contributed by atoms with Gasteiger partial charge in [-0.15, -0.1) is 0 Å². The van der Waals surface area contributed by atoms with Gasteiger partial charge in [0.15, 0.2) is 17.0 Å². The van der Waals surface area contributed by atoms with E-state index in [1.54, 1.807) is 11.9 Å². The molecule has 1 fully saturated rings. The van der Waals surface area contributed by atoms with Crippen LogP contribution in [0.1, 0.15) is 11.5 Å². The number of imidazole rings is 1. The number of pyridine rings is 1. The predicted molar refractivity (Wildman–Crippen MR) is 104 cm³/mol. The van der Waals surface area contributed by atoms with Gasteiger partial charge >= 0.3 is 6.18 Å². The van der Waals surface area contributed by atoms with Gasteiger partial charge in [-0.2, -0.15) is 13.2 Å². The third-order valence-corrected chi connectivity index (χ3v) is 4.82. The molecule has 0 radical (unpaired) electrons. The zero-order chi connectivity index (χ0) is 22.0. The van der Waals surface area contributed by atoms with Crippen LogP contribution in [0.15, 0.2) is 24.7 Å². The van der Waals surface area contributed by atoms with E-state index in [0.717, 1.165) is 10.9 Å². The summed E-state index contributed by atoms with van der Waals surface area (Å²) in [4.78, 5) is 20.8. The molecule has 0 amide bonds. The van der Waals surface area contributed by atoms with Crippen molar-refractivity contribution < 1.29 is 22.3 Å². The molecule has 3 aromatic rings. The van der Waals surface area contributed by atoms with Crippen LogP contribution in [-0.4, -0.2) is 68.9 Å². The van der Waals surface area contributed by atoms with E-state index in [1.807, 2.05) is 4.90 Å². The average Bonchev–Trinajstić information content (AvgIpc) is 3.11. The average molecular weight is 439 g/mol. The number of ether oxygens (including phenoxy) is 1. The Balaban J connectivity index is 1.66. The summed E-state index contributed by atoms with van der Waals surface area (Å²) in [6.07, 6.45) is -1.78. The molecule has 31 heavy (non-hydrogen) atoms. The lowest BCUT2D eigenvalue weighted by atomic mass is 10.3. The minimum Gasteiger partial charge on any atom is -0.378 e. The van der Waals surface area contributed by atoms with E-state index < -0.39 is 18.5 Å². The highest BCUT2D eigenvalue weighted by Gasteiger charge is 2.30. The van der Waals surface area contributed by atoms with E-state index in [1.165, 1.54) is 18.3 Å². The van der Waals surface area contributed by atoms with Gasteiger partial charge in [0.2, 0.25) is 0 Å². The Morgan fingerprint density at radius 1 is 1.13 bits per heavy atom. The number of morpholine rings is 1. The van der Waals surface area contributed by atoms with Crippen LogP contribution < -0.4 is 4.90 Å². The molecule has 12 heteroatoms. The monoisotopic (exact) mass is 439 g/mol. The summed E-state index contributed by atoms with van der Waals surface area (Å²) in [5, 5.41) is 0. The van der Waals surface area contributed by atoms with Crippen LogP contribution in [0.5, 0.6) is 0 Å². The molecule has 0 unspecified atom stereocenters. The van der Waals surface area contributed by atoms with Crippen LogP contribution >= 0.6 is 0 Å². The molecule has 4 heterocycles. The molecule has 0 N–H and O–H groups in total. The Labute approximate surface area is 175 Å². The molecule has 1 aliphatic heterocycles. The standard InChI is InChI=1S/C19H21F4N7O/c1-28(9-14-13(20)3-2-4-24-14)10-15-26-17(29-5-7-31-8-6-29)16-18(27-15)30(12-25-16)11-19(21,22)23/h2-4,12H,5-11H2,1H3. The van der Waals surface area contributed by atoms with E-state index in [2.05, 4.69) is 19.9 Å². The lowest BCUT2D eigenvalue weighted by molar-refractivity contribution is -0.140. The SMILES string of the molecule is CN(Cc1nc(N2CCOCC2)c2ncn(CC(F)(F)F)c2n1)Cc1ncccc1F. The molecule has 166 valence electrons. The van der Waals surface area contributed by atoms with Crippen molar-refractivity contribution in [1.29, 1.82) is 0 Å². The van der Waals surface area contributed by atoms with Gasteiger partial charge in [0, 0.05) is 25.8 Å².